The number of allylic oxidation sites excluding steroid dienone is 1. The van der Waals surface area contributed by atoms with Crippen LogP contribution in [0.15, 0.2) is 11.6 Å². The molecule has 0 aromatic rings. The molecule has 1 aliphatic carbocycles. The van der Waals surface area contributed by atoms with Gasteiger partial charge in [0.25, 0.3) is 0 Å². The number of rotatable bonds is 4. The summed E-state index contributed by atoms with van der Waals surface area (Å²) in [6, 6.07) is 0. The fourth-order valence-corrected chi connectivity index (χ4v) is 2.42. The molecule has 0 heterocycles. The van der Waals surface area contributed by atoms with Crippen LogP contribution in [0.25, 0.3) is 0 Å². The third kappa shape index (κ3) is 2.43. The largest absolute Gasteiger partial charge is 0.481 e. The molecule has 0 amide bonds. The lowest BCUT2D eigenvalue weighted by Crippen LogP contribution is -2.34. The standard InChI is InChI=1S/C12H18O4/c1-3-7-5-9(11(13)14)10(12(15)16)6-8(7)4-2/h5,8-10H,3-4,6H2,1-2H3,(H,13,14)(H,15,16). The van der Waals surface area contributed by atoms with Gasteiger partial charge in [-0.05, 0) is 25.2 Å². The zero-order valence-electron chi connectivity index (χ0n) is 9.64. The lowest BCUT2D eigenvalue weighted by Gasteiger charge is -2.30. The number of carboxylic acids is 2. The number of aliphatic carboxylic acids is 2. The Morgan fingerprint density at radius 2 is 1.94 bits per heavy atom. The van der Waals surface area contributed by atoms with Crippen molar-refractivity contribution in [1.82, 2.24) is 0 Å². The molecule has 0 saturated heterocycles. The summed E-state index contributed by atoms with van der Waals surface area (Å²) < 4.78 is 0. The first-order chi connectivity index (χ1) is 7.51. The molecular weight excluding hydrogens is 208 g/mol. The van der Waals surface area contributed by atoms with Gasteiger partial charge in [0.15, 0.2) is 0 Å². The van der Waals surface area contributed by atoms with Crippen molar-refractivity contribution in [2.24, 2.45) is 17.8 Å². The zero-order chi connectivity index (χ0) is 12.3. The van der Waals surface area contributed by atoms with Crippen molar-refractivity contribution in [2.45, 2.75) is 33.1 Å². The second kappa shape index (κ2) is 5.14. The summed E-state index contributed by atoms with van der Waals surface area (Å²) in [6.07, 6.45) is 3.77. The molecule has 4 heteroatoms. The monoisotopic (exact) mass is 226 g/mol. The highest BCUT2D eigenvalue weighted by Gasteiger charge is 2.38. The van der Waals surface area contributed by atoms with Crippen LogP contribution in [-0.2, 0) is 9.59 Å². The van der Waals surface area contributed by atoms with Gasteiger partial charge in [0.05, 0.1) is 11.8 Å². The molecule has 1 aliphatic rings. The van der Waals surface area contributed by atoms with Crippen molar-refractivity contribution < 1.29 is 19.8 Å². The maximum Gasteiger partial charge on any atom is 0.311 e. The third-order valence-electron chi connectivity index (χ3n) is 3.39. The van der Waals surface area contributed by atoms with Crippen LogP contribution in [0.1, 0.15) is 33.1 Å². The van der Waals surface area contributed by atoms with E-state index < -0.39 is 23.8 Å². The molecule has 0 aliphatic heterocycles. The van der Waals surface area contributed by atoms with Crippen LogP contribution < -0.4 is 0 Å². The lowest BCUT2D eigenvalue weighted by molar-refractivity contribution is -0.152. The minimum absolute atomic E-state index is 0.224. The van der Waals surface area contributed by atoms with E-state index in [1.807, 2.05) is 13.8 Å². The van der Waals surface area contributed by atoms with Crippen LogP contribution in [0.2, 0.25) is 0 Å². The molecule has 3 atom stereocenters. The molecule has 90 valence electrons. The molecule has 0 fully saturated rings. The Balaban J connectivity index is 3.03. The topological polar surface area (TPSA) is 74.6 Å². The van der Waals surface area contributed by atoms with Crippen molar-refractivity contribution in [2.75, 3.05) is 0 Å². The molecular formula is C12H18O4. The average Bonchev–Trinajstić information content (AvgIpc) is 2.26. The zero-order valence-corrected chi connectivity index (χ0v) is 9.64. The Bertz CT molecular complexity index is 319. The SMILES string of the molecule is CCC1=CC(C(=O)O)C(C(=O)O)CC1CC. The molecule has 0 aromatic heterocycles. The summed E-state index contributed by atoms with van der Waals surface area (Å²) in [5, 5.41) is 18.1. The highest BCUT2D eigenvalue weighted by molar-refractivity contribution is 5.82. The minimum Gasteiger partial charge on any atom is -0.481 e. The minimum atomic E-state index is -1.03. The first-order valence-corrected chi connectivity index (χ1v) is 5.67. The quantitative estimate of drug-likeness (QED) is 0.720. The fraction of sp³-hybridized carbons (Fsp3) is 0.667. The van der Waals surface area contributed by atoms with Gasteiger partial charge in [0.2, 0.25) is 0 Å². The van der Waals surface area contributed by atoms with Crippen molar-refractivity contribution in [3.63, 3.8) is 0 Å². The molecule has 0 aromatic carbocycles. The van der Waals surface area contributed by atoms with E-state index in [1.165, 1.54) is 0 Å². The predicted molar refractivity (Wildman–Crippen MR) is 59.0 cm³/mol. The molecule has 0 saturated carbocycles. The normalized spacial score (nSPS) is 29.6. The van der Waals surface area contributed by atoms with Gasteiger partial charge in [-0.25, -0.2) is 0 Å². The van der Waals surface area contributed by atoms with Gasteiger partial charge in [-0.15, -0.1) is 0 Å². The summed E-state index contributed by atoms with van der Waals surface area (Å²) in [6.45, 7) is 3.99. The molecule has 1 rings (SSSR count). The van der Waals surface area contributed by atoms with Crippen LogP contribution in [0, 0.1) is 17.8 Å². The molecule has 0 spiro atoms. The Morgan fingerprint density at radius 1 is 1.31 bits per heavy atom. The first kappa shape index (κ1) is 12.7. The maximum absolute atomic E-state index is 11.0. The van der Waals surface area contributed by atoms with Crippen molar-refractivity contribution in [3.05, 3.63) is 11.6 Å². The Morgan fingerprint density at radius 3 is 2.31 bits per heavy atom. The first-order valence-electron chi connectivity index (χ1n) is 5.67. The van der Waals surface area contributed by atoms with Crippen LogP contribution in [-0.4, -0.2) is 22.2 Å². The highest BCUT2D eigenvalue weighted by Crippen LogP contribution is 2.36. The van der Waals surface area contributed by atoms with E-state index in [1.54, 1.807) is 6.08 Å². The number of hydrogen-bond acceptors (Lipinski definition) is 2. The van der Waals surface area contributed by atoms with E-state index in [0.29, 0.717) is 6.42 Å². The van der Waals surface area contributed by atoms with E-state index in [9.17, 15) is 9.59 Å². The molecule has 2 N–H and O–H groups in total. The van der Waals surface area contributed by atoms with Crippen molar-refractivity contribution in [1.29, 1.82) is 0 Å². The summed E-state index contributed by atoms with van der Waals surface area (Å²) in [5.74, 6) is -3.46. The predicted octanol–water partition coefficient (Wildman–Crippen LogP) is 2.15. The third-order valence-corrected chi connectivity index (χ3v) is 3.39. The molecule has 3 unspecified atom stereocenters. The maximum atomic E-state index is 11.0. The second-order valence-corrected chi connectivity index (χ2v) is 4.24. The van der Waals surface area contributed by atoms with E-state index in [-0.39, 0.29) is 5.92 Å². The molecule has 0 bridgehead atoms. The van der Waals surface area contributed by atoms with E-state index >= 15 is 0 Å². The van der Waals surface area contributed by atoms with Gasteiger partial charge < -0.3 is 10.2 Å². The van der Waals surface area contributed by atoms with Crippen molar-refractivity contribution >= 4 is 11.9 Å². The fourth-order valence-electron chi connectivity index (χ4n) is 2.42. The average molecular weight is 226 g/mol. The Hall–Kier alpha value is -1.32. The van der Waals surface area contributed by atoms with Crippen LogP contribution in [0.3, 0.4) is 0 Å². The number of hydrogen-bond donors (Lipinski definition) is 2. The molecule has 16 heavy (non-hydrogen) atoms. The molecule has 4 nitrogen and oxygen atoms in total. The number of carboxylic acid groups (broad SMARTS) is 2. The van der Waals surface area contributed by atoms with Gasteiger partial charge >= 0.3 is 11.9 Å². The Labute approximate surface area is 95.0 Å². The van der Waals surface area contributed by atoms with Gasteiger partial charge in [-0.2, -0.15) is 0 Å². The Kier molecular flexibility index (Phi) is 4.10. The highest BCUT2D eigenvalue weighted by atomic mass is 16.4. The summed E-state index contributed by atoms with van der Waals surface area (Å²) >= 11 is 0. The van der Waals surface area contributed by atoms with Crippen molar-refractivity contribution in [3.8, 4) is 0 Å². The van der Waals surface area contributed by atoms with Crippen LogP contribution >= 0.6 is 0 Å². The van der Waals surface area contributed by atoms with E-state index in [2.05, 4.69) is 0 Å². The van der Waals surface area contributed by atoms with Crippen LogP contribution in [0.4, 0.5) is 0 Å². The summed E-state index contributed by atoms with van der Waals surface area (Å²) in [4.78, 5) is 22.1. The van der Waals surface area contributed by atoms with Gasteiger partial charge in [0.1, 0.15) is 0 Å². The van der Waals surface area contributed by atoms with E-state index in [4.69, 9.17) is 10.2 Å². The molecule has 0 radical (unpaired) electrons. The van der Waals surface area contributed by atoms with Gasteiger partial charge in [0, 0.05) is 0 Å². The second-order valence-electron chi connectivity index (χ2n) is 4.24. The lowest BCUT2D eigenvalue weighted by atomic mass is 9.73. The smallest absolute Gasteiger partial charge is 0.311 e. The van der Waals surface area contributed by atoms with E-state index in [0.717, 1.165) is 18.4 Å². The number of carbonyl (C=O) groups is 2. The van der Waals surface area contributed by atoms with Crippen LogP contribution in [0.5, 0.6) is 0 Å². The summed E-state index contributed by atoms with van der Waals surface area (Å²) in [7, 11) is 0. The van der Waals surface area contributed by atoms with Gasteiger partial charge in [-0.1, -0.05) is 25.5 Å². The van der Waals surface area contributed by atoms with Gasteiger partial charge in [-0.3, -0.25) is 9.59 Å². The summed E-state index contributed by atoms with van der Waals surface area (Å²) in [5.41, 5.74) is 1.09.